The molecule has 8 aliphatic rings. The number of Topliss-reactive ketones (excluding diaryl/α,β-unsaturated/α-hetero) is 2. The first kappa shape index (κ1) is 22.0. The average Bonchev–Trinajstić information content (AvgIpc) is 2.88. The summed E-state index contributed by atoms with van der Waals surface area (Å²) < 4.78 is 0. The maximum Gasteiger partial charge on any atom is 0.139 e. The second-order valence-electron chi connectivity index (χ2n) is 12.8. The lowest BCUT2D eigenvalue weighted by atomic mass is 9.50. The predicted molar refractivity (Wildman–Crippen MR) is 138 cm³/mol. The van der Waals surface area contributed by atoms with Crippen LogP contribution >= 0.6 is 0 Å². The minimum Gasteiger partial charge on any atom is -0.299 e. The molecular formula is C33H38O2. The van der Waals surface area contributed by atoms with Crippen LogP contribution in [-0.4, -0.2) is 11.6 Å². The Morgan fingerprint density at radius 2 is 1.14 bits per heavy atom. The molecule has 8 saturated carbocycles. The van der Waals surface area contributed by atoms with Crippen LogP contribution in [0.15, 0.2) is 60.7 Å². The lowest BCUT2D eigenvalue weighted by molar-refractivity contribution is -0.146. The first-order valence-corrected chi connectivity index (χ1v) is 14.3. The summed E-state index contributed by atoms with van der Waals surface area (Å²) in [5.41, 5.74) is 2.83. The molecule has 10 unspecified atom stereocenters. The molecule has 0 amide bonds. The number of ketones is 2. The smallest absolute Gasteiger partial charge is 0.139 e. The second-order valence-corrected chi connectivity index (χ2v) is 12.8. The molecule has 0 saturated heterocycles. The van der Waals surface area contributed by atoms with Gasteiger partial charge in [-0.3, -0.25) is 9.59 Å². The summed E-state index contributed by atoms with van der Waals surface area (Å²) in [5, 5.41) is 0. The first-order valence-electron chi connectivity index (χ1n) is 14.3. The Morgan fingerprint density at radius 1 is 0.571 bits per heavy atom. The third kappa shape index (κ3) is 3.83. The summed E-state index contributed by atoms with van der Waals surface area (Å²) in [7, 11) is 0. The van der Waals surface area contributed by atoms with Crippen molar-refractivity contribution < 1.29 is 9.59 Å². The second kappa shape index (κ2) is 8.71. The predicted octanol–water partition coefficient (Wildman–Crippen LogP) is 6.89. The zero-order chi connectivity index (χ0) is 23.5. The van der Waals surface area contributed by atoms with E-state index in [0.29, 0.717) is 47.1 Å². The van der Waals surface area contributed by atoms with Gasteiger partial charge in [-0.25, -0.2) is 0 Å². The van der Waals surface area contributed by atoms with Crippen molar-refractivity contribution >= 4 is 11.6 Å². The average molecular weight is 467 g/mol. The SMILES string of the molecule is O=C1C2CC3CC(C2)C(Cc2ccccc2)C1C3.O=C1C2CC3CC(C2)C(c2ccccc2)C1C3. The van der Waals surface area contributed by atoms with E-state index in [9.17, 15) is 9.59 Å². The monoisotopic (exact) mass is 466 g/mol. The highest BCUT2D eigenvalue weighted by Gasteiger charge is 2.54. The van der Waals surface area contributed by atoms with Crippen molar-refractivity contribution in [2.24, 2.45) is 53.3 Å². The summed E-state index contributed by atoms with van der Waals surface area (Å²) in [6.45, 7) is 0. The molecule has 182 valence electrons. The van der Waals surface area contributed by atoms with Crippen molar-refractivity contribution in [3.05, 3.63) is 71.8 Å². The fourth-order valence-electron chi connectivity index (χ4n) is 9.76. The van der Waals surface area contributed by atoms with Gasteiger partial charge in [-0.1, -0.05) is 60.7 Å². The Balaban J connectivity index is 0.000000120. The van der Waals surface area contributed by atoms with E-state index < -0.39 is 0 Å². The van der Waals surface area contributed by atoms with Gasteiger partial charge in [0.15, 0.2) is 0 Å². The maximum absolute atomic E-state index is 12.4. The standard InChI is InChI=1S/C17H20O.C16H18O/c18-17-14-7-12-6-13(10-14)15(16(17)9-12)8-11-4-2-1-3-5-11;17-16-13-7-10-6-12(9-13)15(14(16)8-10)11-4-2-1-3-5-11/h1-5,12-16H,6-10H2;1-5,10,12-15H,6-9H2. The fraction of sp³-hybridized carbons (Fsp3) is 0.576. The number of hydrogen-bond acceptors (Lipinski definition) is 2. The number of hydrogen-bond donors (Lipinski definition) is 0. The van der Waals surface area contributed by atoms with Gasteiger partial charge in [0.25, 0.3) is 0 Å². The molecule has 2 heteroatoms. The Morgan fingerprint density at radius 3 is 1.86 bits per heavy atom. The van der Waals surface area contributed by atoms with Crippen LogP contribution in [0.4, 0.5) is 0 Å². The largest absolute Gasteiger partial charge is 0.299 e. The number of benzene rings is 2. The van der Waals surface area contributed by atoms with Gasteiger partial charge in [0, 0.05) is 23.7 Å². The molecule has 10 rings (SSSR count). The fourth-order valence-corrected chi connectivity index (χ4v) is 9.76. The molecule has 2 aromatic carbocycles. The van der Waals surface area contributed by atoms with Crippen LogP contribution in [0.5, 0.6) is 0 Å². The van der Waals surface area contributed by atoms with Crippen LogP contribution in [0.3, 0.4) is 0 Å². The first-order chi connectivity index (χ1) is 17.1. The highest BCUT2D eigenvalue weighted by atomic mass is 16.1. The molecule has 8 aliphatic carbocycles. The summed E-state index contributed by atoms with van der Waals surface area (Å²) >= 11 is 0. The Hall–Kier alpha value is -2.22. The van der Waals surface area contributed by atoms with Crippen LogP contribution in [-0.2, 0) is 16.0 Å². The van der Waals surface area contributed by atoms with E-state index in [2.05, 4.69) is 60.7 Å². The molecule has 8 bridgehead atoms. The molecule has 0 heterocycles. The maximum atomic E-state index is 12.4. The van der Waals surface area contributed by atoms with Crippen LogP contribution < -0.4 is 0 Å². The van der Waals surface area contributed by atoms with Gasteiger partial charge >= 0.3 is 0 Å². The molecule has 0 radical (unpaired) electrons. The van der Waals surface area contributed by atoms with Crippen LogP contribution in [0.25, 0.3) is 0 Å². The molecule has 0 spiro atoms. The Labute approximate surface area is 209 Å². The van der Waals surface area contributed by atoms with Gasteiger partial charge in [0.2, 0.25) is 0 Å². The molecule has 0 aromatic heterocycles. The van der Waals surface area contributed by atoms with Crippen LogP contribution in [0.1, 0.15) is 68.4 Å². The minimum atomic E-state index is 0.355. The molecule has 10 atom stereocenters. The molecule has 0 aliphatic heterocycles. The van der Waals surface area contributed by atoms with Gasteiger partial charge < -0.3 is 0 Å². The van der Waals surface area contributed by atoms with E-state index in [1.165, 1.54) is 62.5 Å². The van der Waals surface area contributed by atoms with Gasteiger partial charge in [0.1, 0.15) is 11.6 Å². The summed E-state index contributed by atoms with van der Waals surface area (Å²) in [5.74, 6) is 7.39. The van der Waals surface area contributed by atoms with E-state index >= 15 is 0 Å². The zero-order valence-corrected chi connectivity index (χ0v) is 20.7. The summed E-state index contributed by atoms with van der Waals surface area (Å²) in [6.07, 6.45) is 11.1. The van der Waals surface area contributed by atoms with Crippen molar-refractivity contribution in [2.75, 3.05) is 0 Å². The normalized spacial score (nSPS) is 42.2. The molecule has 0 N–H and O–H groups in total. The van der Waals surface area contributed by atoms with Gasteiger partial charge in [-0.15, -0.1) is 0 Å². The van der Waals surface area contributed by atoms with Gasteiger partial charge in [-0.05, 0) is 104 Å². The lowest BCUT2D eigenvalue weighted by Crippen LogP contribution is -2.51. The third-order valence-corrected chi connectivity index (χ3v) is 11.0. The van der Waals surface area contributed by atoms with E-state index in [1.54, 1.807) is 0 Å². The van der Waals surface area contributed by atoms with Crippen molar-refractivity contribution in [3.63, 3.8) is 0 Å². The number of carbonyl (C=O) groups excluding carboxylic acids is 2. The molecule has 2 nitrogen and oxygen atoms in total. The van der Waals surface area contributed by atoms with E-state index in [1.807, 2.05) is 0 Å². The minimum absolute atomic E-state index is 0.355. The lowest BCUT2D eigenvalue weighted by Gasteiger charge is -2.53. The van der Waals surface area contributed by atoms with E-state index in [4.69, 9.17) is 0 Å². The van der Waals surface area contributed by atoms with Crippen molar-refractivity contribution in [2.45, 2.75) is 63.7 Å². The zero-order valence-electron chi connectivity index (χ0n) is 20.7. The topological polar surface area (TPSA) is 34.1 Å². The summed E-state index contributed by atoms with van der Waals surface area (Å²) in [4.78, 5) is 24.7. The van der Waals surface area contributed by atoms with Gasteiger partial charge in [0.05, 0.1) is 0 Å². The third-order valence-electron chi connectivity index (χ3n) is 11.0. The molecule has 2 aromatic rings. The van der Waals surface area contributed by atoms with Crippen LogP contribution in [0, 0.1) is 53.3 Å². The van der Waals surface area contributed by atoms with E-state index in [0.717, 1.165) is 30.1 Å². The highest BCUT2D eigenvalue weighted by Crippen LogP contribution is 2.58. The van der Waals surface area contributed by atoms with Crippen LogP contribution in [0.2, 0.25) is 0 Å². The number of rotatable bonds is 3. The summed E-state index contributed by atoms with van der Waals surface area (Å²) in [6, 6.07) is 21.5. The van der Waals surface area contributed by atoms with Gasteiger partial charge in [-0.2, -0.15) is 0 Å². The quantitative estimate of drug-likeness (QED) is 0.494. The van der Waals surface area contributed by atoms with Crippen molar-refractivity contribution in [1.82, 2.24) is 0 Å². The van der Waals surface area contributed by atoms with Crippen molar-refractivity contribution in [1.29, 1.82) is 0 Å². The molecule has 35 heavy (non-hydrogen) atoms. The highest BCUT2D eigenvalue weighted by molar-refractivity contribution is 5.87. The Kier molecular flexibility index (Phi) is 5.48. The molecule has 8 fully saturated rings. The number of carbonyl (C=O) groups is 2. The Bertz CT molecular complexity index is 1090. The molecular weight excluding hydrogens is 428 g/mol. The van der Waals surface area contributed by atoms with E-state index in [-0.39, 0.29) is 0 Å². The van der Waals surface area contributed by atoms with Crippen molar-refractivity contribution in [3.8, 4) is 0 Å².